The van der Waals surface area contributed by atoms with Gasteiger partial charge in [-0.25, -0.2) is 13.2 Å². The first-order chi connectivity index (χ1) is 13.4. The van der Waals surface area contributed by atoms with Crippen molar-refractivity contribution in [3.63, 3.8) is 0 Å². The number of carbonyl (C=O) groups is 1. The van der Waals surface area contributed by atoms with Crippen LogP contribution >= 0.6 is 0 Å². The number of ether oxygens (including phenoxy) is 2. The van der Waals surface area contributed by atoms with Crippen LogP contribution in [-0.2, 0) is 14.6 Å². The van der Waals surface area contributed by atoms with Gasteiger partial charge in [0.05, 0.1) is 23.8 Å². The van der Waals surface area contributed by atoms with E-state index >= 15 is 0 Å². The second-order valence-electron chi connectivity index (χ2n) is 6.01. The standard InChI is InChI=1S/C18H18F2N2O5S/c19-17(20)28(24,25)14-5-3-4-12(10-14)21-18(23)22-15-6-1-2-7-16(15)27-13-8-9-26-11-13/h1-7,10,13,17H,8-9,11H2,(H2,21,22,23)/t13-/m0/s1. The molecule has 7 nitrogen and oxygen atoms in total. The summed E-state index contributed by atoms with van der Waals surface area (Å²) in [5, 5.41) is 5.02. The molecular formula is C18H18F2N2O5S. The topological polar surface area (TPSA) is 93.7 Å². The first kappa shape index (κ1) is 20.0. The van der Waals surface area contributed by atoms with E-state index in [1.165, 1.54) is 12.1 Å². The molecule has 1 aliphatic heterocycles. The molecule has 28 heavy (non-hydrogen) atoms. The number of hydrogen-bond acceptors (Lipinski definition) is 5. The lowest BCUT2D eigenvalue weighted by atomic mass is 10.2. The largest absolute Gasteiger partial charge is 0.486 e. The Kier molecular flexibility index (Phi) is 6.10. The van der Waals surface area contributed by atoms with E-state index in [0.29, 0.717) is 24.7 Å². The Morgan fingerprint density at radius 2 is 1.93 bits per heavy atom. The number of rotatable bonds is 6. The Balaban J connectivity index is 1.70. The summed E-state index contributed by atoms with van der Waals surface area (Å²) in [6.45, 7) is 1.07. The molecule has 1 saturated heterocycles. The Labute approximate surface area is 160 Å². The highest BCUT2D eigenvalue weighted by Gasteiger charge is 2.26. The first-order valence-corrected chi connectivity index (χ1v) is 9.94. The van der Waals surface area contributed by atoms with Crippen molar-refractivity contribution in [3.8, 4) is 5.75 Å². The lowest BCUT2D eigenvalue weighted by Gasteiger charge is -2.16. The minimum absolute atomic E-state index is 0.0572. The third-order valence-corrected chi connectivity index (χ3v) is 5.35. The van der Waals surface area contributed by atoms with Gasteiger partial charge in [0.2, 0.25) is 9.84 Å². The fourth-order valence-corrected chi connectivity index (χ4v) is 3.36. The molecule has 2 aromatic carbocycles. The fourth-order valence-electron chi connectivity index (χ4n) is 2.60. The van der Waals surface area contributed by atoms with Crippen LogP contribution in [0, 0.1) is 0 Å². The summed E-state index contributed by atoms with van der Waals surface area (Å²) in [5.41, 5.74) is 0.463. The molecule has 10 heteroatoms. The molecule has 3 rings (SSSR count). The van der Waals surface area contributed by atoms with E-state index in [-0.39, 0.29) is 11.8 Å². The minimum atomic E-state index is -4.75. The average Bonchev–Trinajstić information content (AvgIpc) is 3.16. The van der Waals surface area contributed by atoms with Crippen LogP contribution in [0.15, 0.2) is 53.4 Å². The Bertz CT molecular complexity index is 946. The average molecular weight is 412 g/mol. The van der Waals surface area contributed by atoms with Crippen LogP contribution in [0.5, 0.6) is 5.75 Å². The van der Waals surface area contributed by atoms with E-state index < -0.39 is 26.5 Å². The lowest BCUT2D eigenvalue weighted by Crippen LogP contribution is -2.22. The molecule has 0 aromatic heterocycles. The maximum atomic E-state index is 12.7. The number of hydrogen-bond donors (Lipinski definition) is 2. The monoisotopic (exact) mass is 412 g/mol. The number of halogens is 2. The number of carbonyl (C=O) groups excluding carboxylic acids is 1. The third kappa shape index (κ3) is 4.76. The molecule has 0 spiro atoms. The zero-order chi connectivity index (χ0) is 20.1. The molecule has 2 amide bonds. The SMILES string of the molecule is O=C(Nc1cccc(S(=O)(=O)C(F)F)c1)Nc1ccccc1O[C@H]1CCOC1. The van der Waals surface area contributed by atoms with Crippen molar-refractivity contribution in [2.45, 2.75) is 23.2 Å². The number of nitrogens with one attached hydrogen (secondary N) is 2. The zero-order valence-corrected chi connectivity index (χ0v) is 15.4. The second kappa shape index (κ2) is 8.53. The molecule has 150 valence electrons. The number of sulfone groups is 1. The molecular weight excluding hydrogens is 394 g/mol. The molecule has 1 aliphatic rings. The predicted molar refractivity (Wildman–Crippen MR) is 98.6 cm³/mol. The quantitative estimate of drug-likeness (QED) is 0.758. The van der Waals surface area contributed by atoms with Crippen molar-refractivity contribution in [1.29, 1.82) is 0 Å². The van der Waals surface area contributed by atoms with Crippen LogP contribution in [0.25, 0.3) is 0 Å². The normalized spacial score (nSPS) is 16.8. The van der Waals surface area contributed by atoms with Gasteiger partial charge in [0.25, 0.3) is 0 Å². The number of anilines is 2. The number of urea groups is 1. The van der Waals surface area contributed by atoms with Gasteiger partial charge in [0.1, 0.15) is 11.9 Å². The maximum absolute atomic E-state index is 12.7. The number of amides is 2. The third-order valence-electron chi connectivity index (χ3n) is 3.97. The summed E-state index contributed by atoms with van der Waals surface area (Å²) < 4.78 is 59.6. The van der Waals surface area contributed by atoms with Gasteiger partial charge in [-0.15, -0.1) is 0 Å². The summed E-state index contributed by atoms with van der Waals surface area (Å²) in [6, 6.07) is 10.8. The van der Waals surface area contributed by atoms with E-state index in [0.717, 1.165) is 18.6 Å². The summed E-state index contributed by atoms with van der Waals surface area (Å²) >= 11 is 0. The van der Waals surface area contributed by atoms with Gasteiger partial charge >= 0.3 is 11.8 Å². The summed E-state index contributed by atoms with van der Waals surface area (Å²) in [4.78, 5) is 11.7. The first-order valence-electron chi connectivity index (χ1n) is 8.40. The number of alkyl halides is 2. The highest BCUT2D eigenvalue weighted by molar-refractivity contribution is 7.91. The molecule has 0 bridgehead atoms. The smallest absolute Gasteiger partial charge is 0.341 e. The van der Waals surface area contributed by atoms with Crippen LogP contribution in [0.2, 0.25) is 0 Å². The fraction of sp³-hybridized carbons (Fsp3) is 0.278. The molecule has 1 atom stereocenters. The van der Waals surface area contributed by atoms with Gasteiger partial charge < -0.3 is 20.1 Å². The Morgan fingerprint density at radius 1 is 1.14 bits per heavy atom. The molecule has 0 saturated carbocycles. The molecule has 1 heterocycles. The minimum Gasteiger partial charge on any atom is -0.486 e. The van der Waals surface area contributed by atoms with Crippen molar-refractivity contribution < 1.29 is 31.5 Å². The van der Waals surface area contributed by atoms with Gasteiger partial charge in [-0.2, -0.15) is 8.78 Å². The van der Waals surface area contributed by atoms with Gasteiger partial charge in [-0.3, -0.25) is 0 Å². The van der Waals surface area contributed by atoms with Crippen LogP contribution in [0.3, 0.4) is 0 Å². The van der Waals surface area contributed by atoms with Gasteiger partial charge in [0, 0.05) is 12.1 Å². The van der Waals surface area contributed by atoms with Crippen molar-refractivity contribution in [2.75, 3.05) is 23.8 Å². The highest BCUT2D eigenvalue weighted by atomic mass is 32.2. The van der Waals surface area contributed by atoms with E-state index in [9.17, 15) is 22.0 Å². The molecule has 0 aliphatic carbocycles. The summed E-state index contributed by atoms with van der Waals surface area (Å²) in [5.74, 6) is -3.08. The predicted octanol–water partition coefficient (Wildman–Crippen LogP) is 3.49. The summed E-state index contributed by atoms with van der Waals surface area (Å²) in [7, 11) is -4.75. The molecule has 1 fully saturated rings. The number of para-hydroxylation sites is 2. The van der Waals surface area contributed by atoms with Gasteiger partial charge in [-0.1, -0.05) is 18.2 Å². The van der Waals surface area contributed by atoms with Gasteiger partial charge in [0.15, 0.2) is 0 Å². The van der Waals surface area contributed by atoms with Gasteiger partial charge in [-0.05, 0) is 30.3 Å². The van der Waals surface area contributed by atoms with Crippen LogP contribution in [0.1, 0.15) is 6.42 Å². The molecule has 2 N–H and O–H groups in total. The van der Waals surface area contributed by atoms with Crippen molar-refractivity contribution in [1.82, 2.24) is 0 Å². The molecule has 0 radical (unpaired) electrons. The van der Waals surface area contributed by atoms with E-state index in [4.69, 9.17) is 9.47 Å². The second-order valence-corrected chi connectivity index (χ2v) is 7.93. The summed E-state index contributed by atoms with van der Waals surface area (Å²) in [6.07, 6.45) is 0.633. The van der Waals surface area contributed by atoms with Crippen molar-refractivity contribution in [2.24, 2.45) is 0 Å². The molecule has 2 aromatic rings. The zero-order valence-electron chi connectivity index (χ0n) is 14.6. The maximum Gasteiger partial charge on any atom is 0.341 e. The van der Waals surface area contributed by atoms with Crippen LogP contribution in [0.4, 0.5) is 25.0 Å². The Morgan fingerprint density at radius 3 is 2.64 bits per heavy atom. The number of benzene rings is 2. The van der Waals surface area contributed by atoms with Crippen molar-refractivity contribution >= 4 is 27.2 Å². The highest BCUT2D eigenvalue weighted by Crippen LogP contribution is 2.27. The van der Waals surface area contributed by atoms with Crippen LogP contribution in [-0.4, -0.2) is 39.5 Å². The van der Waals surface area contributed by atoms with E-state index in [1.54, 1.807) is 24.3 Å². The van der Waals surface area contributed by atoms with E-state index in [2.05, 4.69) is 10.6 Å². The van der Waals surface area contributed by atoms with Crippen molar-refractivity contribution in [3.05, 3.63) is 48.5 Å². The van der Waals surface area contributed by atoms with E-state index in [1.807, 2.05) is 0 Å². The Hall–Kier alpha value is -2.72. The lowest BCUT2D eigenvalue weighted by molar-refractivity contribution is 0.142. The van der Waals surface area contributed by atoms with Crippen LogP contribution < -0.4 is 15.4 Å². The molecule has 0 unspecified atom stereocenters.